The third-order valence-corrected chi connectivity index (χ3v) is 9.23. The van der Waals surface area contributed by atoms with Gasteiger partial charge in [0.2, 0.25) is 5.91 Å². The highest BCUT2D eigenvalue weighted by Gasteiger charge is 2.47. The van der Waals surface area contributed by atoms with Crippen LogP contribution in [0.5, 0.6) is 11.5 Å². The predicted molar refractivity (Wildman–Crippen MR) is 148 cm³/mol. The van der Waals surface area contributed by atoms with Crippen molar-refractivity contribution in [2.75, 3.05) is 52.8 Å². The zero-order valence-electron chi connectivity index (χ0n) is 22.5. The van der Waals surface area contributed by atoms with E-state index < -0.39 is 11.4 Å². The van der Waals surface area contributed by atoms with Gasteiger partial charge >= 0.3 is 5.97 Å². The van der Waals surface area contributed by atoms with E-state index in [1.807, 2.05) is 36.4 Å². The Bertz CT molecular complexity index is 1330. The van der Waals surface area contributed by atoms with Gasteiger partial charge in [0, 0.05) is 37.9 Å². The maximum absolute atomic E-state index is 13.8. The lowest BCUT2D eigenvalue weighted by Crippen LogP contribution is -2.46. The minimum atomic E-state index is -1.03. The highest BCUT2D eigenvalue weighted by atomic mass is 32.1. The second kappa shape index (κ2) is 10.2. The number of ether oxygens (including phenoxy) is 2. The summed E-state index contributed by atoms with van der Waals surface area (Å²) < 4.78 is 13.8. The van der Waals surface area contributed by atoms with Gasteiger partial charge in [0.25, 0.3) is 0 Å². The van der Waals surface area contributed by atoms with Crippen LogP contribution in [0.15, 0.2) is 36.4 Å². The van der Waals surface area contributed by atoms with Crippen LogP contribution in [-0.2, 0) is 22.4 Å². The zero-order chi connectivity index (χ0) is 27.1. The van der Waals surface area contributed by atoms with Crippen LogP contribution in [0.1, 0.15) is 30.4 Å². The minimum absolute atomic E-state index is 0.223. The van der Waals surface area contributed by atoms with Gasteiger partial charge in [0.1, 0.15) is 0 Å². The first-order chi connectivity index (χ1) is 18.1. The molecule has 1 aliphatic heterocycles. The smallest absolute Gasteiger partial charge is 0.304 e. The number of piperidine rings is 1. The molecule has 0 saturated carbocycles. The molecule has 2 aliphatic rings. The number of thiazole rings is 1. The molecule has 1 aliphatic carbocycles. The van der Waals surface area contributed by atoms with Gasteiger partial charge < -0.3 is 19.1 Å². The van der Waals surface area contributed by atoms with E-state index in [1.165, 1.54) is 16.2 Å². The summed E-state index contributed by atoms with van der Waals surface area (Å²) in [6, 6.07) is 11.6. The molecule has 2 heterocycles. The molecule has 3 aromatic rings. The lowest BCUT2D eigenvalue weighted by Gasteiger charge is -2.37. The normalized spacial score (nSPS) is 18.2. The fourth-order valence-electron chi connectivity index (χ4n) is 5.81. The Morgan fingerprint density at radius 1 is 1.13 bits per heavy atom. The zero-order valence-corrected chi connectivity index (χ0v) is 23.3. The van der Waals surface area contributed by atoms with Crippen molar-refractivity contribution in [1.29, 1.82) is 0 Å². The van der Waals surface area contributed by atoms with E-state index in [4.69, 9.17) is 14.5 Å². The Balaban J connectivity index is 1.36. The Morgan fingerprint density at radius 2 is 1.79 bits per heavy atom. The highest BCUT2D eigenvalue weighted by molar-refractivity contribution is 7.22. The average Bonchev–Trinajstić information content (AvgIpc) is 3.47. The molecule has 202 valence electrons. The van der Waals surface area contributed by atoms with E-state index in [9.17, 15) is 14.7 Å². The molecule has 0 spiro atoms. The molecule has 1 fully saturated rings. The maximum Gasteiger partial charge on any atom is 0.304 e. The topological polar surface area (TPSA) is 89.0 Å². The van der Waals surface area contributed by atoms with Gasteiger partial charge in [-0.2, -0.15) is 0 Å². The van der Waals surface area contributed by atoms with Crippen LogP contribution in [0.4, 0.5) is 5.13 Å². The molecule has 5 rings (SSSR count). The van der Waals surface area contributed by atoms with Crippen LogP contribution in [0.2, 0.25) is 0 Å². The molecule has 1 amide bonds. The monoisotopic (exact) mass is 538 g/mol. The van der Waals surface area contributed by atoms with Crippen molar-refractivity contribution in [1.82, 2.24) is 4.98 Å². The number of likely N-dealkylation sites (tertiary alicyclic amines) is 1. The number of aromatic nitrogens is 1. The van der Waals surface area contributed by atoms with Crippen LogP contribution in [0.3, 0.4) is 0 Å². The molecule has 0 bridgehead atoms. The Morgan fingerprint density at radius 3 is 2.39 bits per heavy atom. The van der Waals surface area contributed by atoms with Gasteiger partial charge in [-0.1, -0.05) is 35.6 Å². The van der Waals surface area contributed by atoms with E-state index in [1.54, 1.807) is 14.2 Å². The van der Waals surface area contributed by atoms with Crippen molar-refractivity contribution in [3.63, 3.8) is 0 Å². The van der Waals surface area contributed by atoms with Crippen molar-refractivity contribution in [3.05, 3.63) is 47.5 Å². The first kappa shape index (κ1) is 26.4. The van der Waals surface area contributed by atoms with Gasteiger partial charge in [-0.3, -0.25) is 14.5 Å². The molecule has 1 saturated heterocycles. The van der Waals surface area contributed by atoms with E-state index in [-0.39, 0.29) is 12.3 Å². The first-order valence-corrected chi connectivity index (χ1v) is 13.9. The van der Waals surface area contributed by atoms with E-state index >= 15 is 0 Å². The summed E-state index contributed by atoms with van der Waals surface area (Å²) in [4.78, 5) is 31.9. The predicted octanol–water partition coefficient (Wildman–Crippen LogP) is 4.39. The van der Waals surface area contributed by atoms with Crippen LogP contribution in [-0.4, -0.2) is 74.4 Å². The number of carbonyl (C=O) groups is 2. The number of aliphatic carboxylic acids is 1. The SMILES string of the molecule is COc1cc2sc(N(C)C(=O)C3(CC(=O)O)Cc4ccccc4C3)nc2cc1OCC1CC[N+](C)(C)CC1. The molecule has 1 aromatic heterocycles. The fraction of sp³-hybridized carbons (Fsp3) is 0.483. The quantitative estimate of drug-likeness (QED) is 0.428. The van der Waals surface area contributed by atoms with Crippen LogP contribution >= 0.6 is 11.3 Å². The summed E-state index contributed by atoms with van der Waals surface area (Å²) in [6.45, 7) is 2.93. The third-order valence-electron chi connectivity index (χ3n) is 8.13. The summed E-state index contributed by atoms with van der Waals surface area (Å²) in [7, 11) is 7.85. The summed E-state index contributed by atoms with van der Waals surface area (Å²) in [6.07, 6.45) is 2.86. The van der Waals surface area contributed by atoms with E-state index in [0.717, 1.165) is 51.8 Å². The molecule has 2 aromatic carbocycles. The Hall–Kier alpha value is -3.17. The third kappa shape index (κ3) is 5.22. The van der Waals surface area contributed by atoms with Gasteiger partial charge in [-0.15, -0.1) is 0 Å². The molecule has 38 heavy (non-hydrogen) atoms. The fourth-order valence-corrected chi connectivity index (χ4v) is 6.75. The van der Waals surface area contributed by atoms with E-state index in [2.05, 4.69) is 14.1 Å². The van der Waals surface area contributed by atoms with Crippen LogP contribution in [0, 0.1) is 11.3 Å². The first-order valence-electron chi connectivity index (χ1n) is 13.1. The second-order valence-electron chi connectivity index (χ2n) is 11.4. The van der Waals surface area contributed by atoms with Crippen molar-refractivity contribution in [2.24, 2.45) is 11.3 Å². The lowest BCUT2D eigenvalue weighted by molar-refractivity contribution is -0.896. The number of hydrogen-bond acceptors (Lipinski definition) is 6. The number of fused-ring (bicyclic) bond motifs is 2. The summed E-state index contributed by atoms with van der Waals surface area (Å²) in [5.41, 5.74) is 1.77. The Labute approximate surface area is 227 Å². The number of benzene rings is 2. The Kier molecular flexibility index (Phi) is 7.09. The number of methoxy groups -OCH3 is 1. The molecule has 0 unspecified atom stereocenters. The number of carbonyl (C=O) groups excluding carboxylic acids is 1. The molecule has 1 N–H and O–H groups in total. The standard InChI is InChI=1S/C29H35N3O5S/c1-31(27(35)29(17-26(33)34)15-20-7-5-6-8-21(20)16-29)28-30-22-13-24(23(36-4)14-25(22)38-28)37-18-19-9-11-32(2,3)12-10-19/h5-8,13-14,19H,9-12,15-18H2,1-4H3/p+1. The molecular weight excluding hydrogens is 502 g/mol. The molecule has 8 nitrogen and oxygen atoms in total. The van der Waals surface area contributed by atoms with Crippen molar-refractivity contribution < 1.29 is 28.7 Å². The number of quaternary nitrogens is 1. The maximum atomic E-state index is 13.8. The highest BCUT2D eigenvalue weighted by Crippen LogP contribution is 2.43. The lowest BCUT2D eigenvalue weighted by atomic mass is 9.80. The number of carboxylic acid groups (broad SMARTS) is 1. The van der Waals surface area contributed by atoms with Crippen LogP contribution < -0.4 is 14.4 Å². The molecule has 0 atom stereocenters. The van der Waals surface area contributed by atoms with Crippen LogP contribution in [0.25, 0.3) is 10.2 Å². The molecular formula is C29H36N3O5S+. The van der Waals surface area contributed by atoms with Crippen molar-refractivity contribution in [3.8, 4) is 11.5 Å². The number of hydrogen-bond donors (Lipinski definition) is 1. The summed E-state index contributed by atoms with van der Waals surface area (Å²) in [5.74, 6) is 0.603. The van der Waals surface area contributed by atoms with Crippen molar-refractivity contribution in [2.45, 2.75) is 32.1 Å². The number of anilines is 1. The average molecular weight is 539 g/mol. The number of amides is 1. The van der Waals surface area contributed by atoms with Gasteiger partial charge in [0.05, 0.1) is 63.0 Å². The van der Waals surface area contributed by atoms with Gasteiger partial charge in [-0.05, 0) is 24.0 Å². The van der Waals surface area contributed by atoms with Gasteiger partial charge in [0.15, 0.2) is 16.6 Å². The molecule has 9 heteroatoms. The summed E-state index contributed by atoms with van der Waals surface area (Å²) in [5, 5.41) is 10.2. The van der Waals surface area contributed by atoms with Gasteiger partial charge in [-0.25, -0.2) is 4.98 Å². The van der Waals surface area contributed by atoms with E-state index in [0.29, 0.717) is 42.0 Å². The number of rotatable bonds is 8. The summed E-state index contributed by atoms with van der Waals surface area (Å²) >= 11 is 1.39. The largest absolute Gasteiger partial charge is 0.493 e. The molecule has 0 radical (unpaired) electrons. The number of nitrogens with zero attached hydrogens (tertiary/aromatic N) is 3. The minimum Gasteiger partial charge on any atom is -0.493 e. The number of carboxylic acids is 1. The van der Waals surface area contributed by atoms with Crippen molar-refractivity contribution >= 4 is 38.6 Å². The second-order valence-corrected chi connectivity index (χ2v) is 12.5.